The minimum atomic E-state index is -3.78. The van der Waals surface area contributed by atoms with Crippen LogP contribution in [0.5, 0.6) is 0 Å². The molecule has 1 aliphatic rings. The van der Waals surface area contributed by atoms with E-state index in [1.165, 1.54) is 29.9 Å². The highest BCUT2D eigenvalue weighted by molar-refractivity contribution is 8.15. The number of nitrogens with one attached hydrogen (secondary N) is 1. The second-order valence-corrected chi connectivity index (χ2v) is 10.3. The molecule has 1 atom stereocenters. The van der Waals surface area contributed by atoms with Gasteiger partial charge in [-0.3, -0.25) is 14.0 Å². The van der Waals surface area contributed by atoms with Gasteiger partial charge in [-0.1, -0.05) is 30.0 Å². The predicted molar refractivity (Wildman–Crippen MR) is 121 cm³/mol. The van der Waals surface area contributed by atoms with Gasteiger partial charge in [0.15, 0.2) is 5.03 Å². The van der Waals surface area contributed by atoms with Crippen molar-refractivity contribution in [2.45, 2.75) is 16.8 Å². The molecule has 0 saturated heterocycles. The predicted octanol–water partition coefficient (Wildman–Crippen LogP) is 2.54. The summed E-state index contributed by atoms with van der Waals surface area (Å²) in [5, 5.41) is 6.26. The van der Waals surface area contributed by atoms with E-state index in [0.29, 0.717) is 12.2 Å². The Morgan fingerprint density at radius 2 is 2.16 bits per heavy atom. The zero-order valence-corrected chi connectivity index (χ0v) is 18.2. The first kappa shape index (κ1) is 19.8. The van der Waals surface area contributed by atoms with Crippen LogP contribution in [0.1, 0.15) is 5.69 Å². The molecule has 0 fully saturated rings. The standard InChI is InChI=1S/C20H19N7O2S2/c1-26(31(28,29)18-7-2-3-8-22-18)17-6-4-5-14-9-16(25-19(14)17)20-23-10-15(30-20)11-27-13-21-12-24-27/h2-9,12-13,15,25H,10-11H2,1H3. The van der Waals surface area contributed by atoms with Crippen molar-refractivity contribution in [1.82, 2.24) is 24.7 Å². The number of anilines is 1. The van der Waals surface area contributed by atoms with Gasteiger partial charge in [0.2, 0.25) is 0 Å². The smallest absolute Gasteiger partial charge is 0.281 e. The molecule has 9 nitrogen and oxygen atoms in total. The number of benzene rings is 1. The maximum atomic E-state index is 13.0. The van der Waals surface area contributed by atoms with Crippen molar-refractivity contribution in [3.05, 3.63) is 67.0 Å². The van der Waals surface area contributed by atoms with E-state index in [1.54, 1.807) is 41.0 Å². The average molecular weight is 454 g/mol. The summed E-state index contributed by atoms with van der Waals surface area (Å²) < 4.78 is 29.1. The van der Waals surface area contributed by atoms with Gasteiger partial charge in [-0.05, 0) is 24.3 Å². The van der Waals surface area contributed by atoms with Crippen LogP contribution in [-0.2, 0) is 16.6 Å². The molecule has 0 saturated carbocycles. The zero-order chi connectivity index (χ0) is 21.4. The van der Waals surface area contributed by atoms with E-state index in [2.05, 4.69) is 25.0 Å². The van der Waals surface area contributed by atoms with Gasteiger partial charge in [-0.2, -0.15) is 13.5 Å². The molecule has 1 aliphatic heterocycles. The Kier molecular flexibility index (Phi) is 4.98. The van der Waals surface area contributed by atoms with Crippen LogP contribution in [0.4, 0.5) is 5.69 Å². The molecule has 0 amide bonds. The number of aromatic nitrogens is 5. The summed E-state index contributed by atoms with van der Waals surface area (Å²) in [4.78, 5) is 16.0. The van der Waals surface area contributed by atoms with Crippen LogP contribution in [0.2, 0.25) is 0 Å². The van der Waals surface area contributed by atoms with Crippen molar-refractivity contribution >= 4 is 43.4 Å². The minimum Gasteiger partial charge on any atom is -0.351 e. The number of para-hydroxylation sites is 1. The Labute approximate surface area is 183 Å². The molecule has 3 aromatic heterocycles. The van der Waals surface area contributed by atoms with Gasteiger partial charge in [0.25, 0.3) is 10.0 Å². The first-order valence-electron chi connectivity index (χ1n) is 9.58. The molecule has 1 N–H and O–H groups in total. The number of rotatable bonds is 6. The number of sulfonamides is 1. The second kappa shape index (κ2) is 7.82. The van der Waals surface area contributed by atoms with Crippen LogP contribution >= 0.6 is 11.8 Å². The molecule has 0 bridgehead atoms. The third kappa shape index (κ3) is 3.70. The summed E-state index contributed by atoms with van der Waals surface area (Å²) in [5.74, 6) is 0. The molecule has 158 valence electrons. The Morgan fingerprint density at radius 3 is 2.94 bits per heavy atom. The average Bonchev–Trinajstić information content (AvgIpc) is 3.54. The molecule has 11 heteroatoms. The van der Waals surface area contributed by atoms with Gasteiger partial charge in [0, 0.05) is 18.6 Å². The molecule has 31 heavy (non-hydrogen) atoms. The molecule has 1 aromatic carbocycles. The van der Waals surface area contributed by atoms with Gasteiger partial charge >= 0.3 is 0 Å². The monoisotopic (exact) mass is 453 g/mol. The quantitative estimate of drug-likeness (QED) is 0.481. The summed E-state index contributed by atoms with van der Waals surface area (Å²) in [7, 11) is -2.24. The summed E-state index contributed by atoms with van der Waals surface area (Å²) in [6.07, 6.45) is 4.70. The number of pyridine rings is 1. The fraction of sp³-hybridized carbons (Fsp3) is 0.200. The molecule has 4 aromatic rings. The van der Waals surface area contributed by atoms with E-state index in [0.717, 1.165) is 28.2 Å². The molecular formula is C20H19N7O2S2. The van der Waals surface area contributed by atoms with Crippen molar-refractivity contribution in [1.29, 1.82) is 0 Å². The lowest BCUT2D eigenvalue weighted by molar-refractivity contribution is 0.590. The van der Waals surface area contributed by atoms with E-state index in [-0.39, 0.29) is 10.3 Å². The third-order valence-corrected chi connectivity index (χ3v) is 7.93. The van der Waals surface area contributed by atoms with Crippen LogP contribution < -0.4 is 4.31 Å². The second-order valence-electron chi connectivity index (χ2n) is 7.07. The largest absolute Gasteiger partial charge is 0.351 e. The molecule has 4 heterocycles. The molecule has 5 rings (SSSR count). The van der Waals surface area contributed by atoms with Gasteiger partial charge < -0.3 is 4.98 Å². The van der Waals surface area contributed by atoms with E-state index < -0.39 is 10.0 Å². The minimum absolute atomic E-state index is 0.00737. The number of H-pyrrole nitrogens is 1. The van der Waals surface area contributed by atoms with E-state index >= 15 is 0 Å². The van der Waals surface area contributed by atoms with E-state index in [9.17, 15) is 8.42 Å². The fourth-order valence-electron chi connectivity index (χ4n) is 3.48. The van der Waals surface area contributed by atoms with E-state index in [4.69, 9.17) is 0 Å². The Morgan fingerprint density at radius 1 is 1.26 bits per heavy atom. The lowest BCUT2D eigenvalue weighted by Gasteiger charge is -2.19. The first-order chi connectivity index (χ1) is 15.0. The molecule has 0 aliphatic carbocycles. The van der Waals surface area contributed by atoms with Crippen molar-refractivity contribution in [2.24, 2.45) is 4.99 Å². The number of aromatic amines is 1. The van der Waals surface area contributed by atoms with Crippen molar-refractivity contribution < 1.29 is 8.42 Å². The van der Waals surface area contributed by atoms with Crippen LogP contribution in [0, 0.1) is 0 Å². The summed E-state index contributed by atoms with van der Waals surface area (Å²) in [5.41, 5.74) is 2.16. The Hall–Kier alpha value is -3.18. The van der Waals surface area contributed by atoms with Crippen molar-refractivity contribution in [3.63, 3.8) is 0 Å². The highest BCUT2D eigenvalue weighted by Crippen LogP contribution is 2.33. The number of fused-ring (bicyclic) bond motifs is 1. The van der Waals surface area contributed by atoms with Crippen LogP contribution in [0.3, 0.4) is 0 Å². The van der Waals surface area contributed by atoms with Crippen molar-refractivity contribution in [3.8, 4) is 0 Å². The maximum absolute atomic E-state index is 13.0. The number of thioether (sulfide) groups is 1. The number of hydrogen-bond donors (Lipinski definition) is 1. The van der Waals surface area contributed by atoms with Crippen molar-refractivity contribution in [2.75, 3.05) is 17.9 Å². The topological polar surface area (TPSA) is 109 Å². The highest BCUT2D eigenvalue weighted by Gasteiger charge is 2.26. The molecule has 0 spiro atoms. The van der Waals surface area contributed by atoms with Gasteiger partial charge in [0.1, 0.15) is 17.7 Å². The summed E-state index contributed by atoms with van der Waals surface area (Å²) in [6.45, 7) is 1.42. The fourth-order valence-corrected chi connectivity index (χ4v) is 5.70. The van der Waals surface area contributed by atoms with E-state index in [1.807, 2.05) is 18.2 Å². The molecule has 1 unspecified atom stereocenters. The lowest BCUT2D eigenvalue weighted by atomic mass is 10.2. The molecule has 0 radical (unpaired) electrons. The SMILES string of the molecule is CN(c1cccc2cc(C3=NCC(Cn4cncn4)S3)[nH]c12)S(=O)(=O)c1ccccn1. The van der Waals surface area contributed by atoms with Crippen LogP contribution in [0.15, 0.2) is 71.3 Å². The zero-order valence-electron chi connectivity index (χ0n) is 16.6. The Balaban J connectivity index is 1.43. The number of nitrogens with zero attached hydrogens (tertiary/aromatic N) is 6. The van der Waals surface area contributed by atoms with Crippen LogP contribution in [-0.4, -0.2) is 57.0 Å². The number of aliphatic imine (C=N–C) groups is 1. The van der Waals surface area contributed by atoms with Gasteiger partial charge in [-0.15, -0.1) is 0 Å². The van der Waals surface area contributed by atoms with Gasteiger partial charge in [0.05, 0.1) is 35.2 Å². The Bertz CT molecular complexity index is 1350. The van der Waals surface area contributed by atoms with Crippen LogP contribution in [0.25, 0.3) is 10.9 Å². The molecular weight excluding hydrogens is 434 g/mol. The van der Waals surface area contributed by atoms with Gasteiger partial charge in [-0.25, -0.2) is 9.97 Å². The maximum Gasteiger partial charge on any atom is 0.281 e. The normalized spacial score (nSPS) is 16.5. The summed E-state index contributed by atoms with van der Waals surface area (Å²) in [6, 6.07) is 12.4. The first-order valence-corrected chi connectivity index (χ1v) is 11.9. The number of hydrogen-bond acceptors (Lipinski definition) is 7. The highest BCUT2D eigenvalue weighted by atomic mass is 32.2. The third-order valence-electron chi connectivity index (χ3n) is 5.04. The summed E-state index contributed by atoms with van der Waals surface area (Å²) >= 11 is 1.68. The lowest BCUT2D eigenvalue weighted by Crippen LogP contribution is -2.27.